The monoisotopic (exact) mass is 1240 g/mol. The van der Waals surface area contributed by atoms with Gasteiger partial charge in [0.25, 0.3) is 17.7 Å². The Bertz CT molecular complexity index is 3950. The van der Waals surface area contributed by atoms with Crippen molar-refractivity contribution < 1.29 is 52.4 Å². The molecule has 19 nitrogen and oxygen atoms in total. The number of benzene rings is 4. The Morgan fingerprint density at radius 1 is 0.424 bits per heavy atom. The SMILES string of the molecule is COC(=O)c1cc(OCC(C)C)c2ccc(NC(=O)c3cc(OCC(C)C)c4ccc(NC(=O)c5cc(OCC(C)C)c6ccc(NC(=O)c7cc(OCC(C)C)c8ccc(NC(=O)OC(C)(C)C)c(Cl)c8n7)c(Cl)c6n5)c(Cl)c4n3)c(Cl)c2n1. The molecule has 0 aliphatic carbocycles. The summed E-state index contributed by atoms with van der Waals surface area (Å²) in [5, 5.41) is 13.0. The molecule has 0 aliphatic rings. The van der Waals surface area contributed by atoms with Crippen LogP contribution in [0.3, 0.4) is 0 Å². The number of pyridine rings is 4. The summed E-state index contributed by atoms with van der Waals surface area (Å²) in [5.74, 6) is -1.16. The average Bonchev–Trinajstić information content (AvgIpc) is 1.27. The van der Waals surface area contributed by atoms with Crippen molar-refractivity contribution >= 4 is 143 Å². The van der Waals surface area contributed by atoms with E-state index in [1.807, 2.05) is 55.4 Å². The highest BCUT2D eigenvalue weighted by molar-refractivity contribution is 6.41. The van der Waals surface area contributed by atoms with Crippen LogP contribution in [0.4, 0.5) is 27.5 Å². The third-order valence-electron chi connectivity index (χ3n) is 12.3. The molecule has 4 N–H and O–H groups in total. The van der Waals surface area contributed by atoms with Crippen LogP contribution in [-0.4, -0.2) is 88.9 Å². The highest BCUT2D eigenvalue weighted by atomic mass is 35.5. The van der Waals surface area contributed by atoms with Crippen molar-refractivity contribution in [1.82, 2.24) is 19.9 Å². The van der Waals surface area contributed by atoms with E-state index in [0.29, 0.717) is 46.3 Å². The Labute approximate surface area is 511 Å². The molecule has 8 aromatic rings. The van der Waals surface area contributed by atoms with E-state index in [1.165, 1.54) is 31.4 Å². The Morgan fingerprint density at radius 2 is 0.682 bits per heavy atom. The Balaban J connectivity index is 1.12. The fourth-order valence-corrected chi connectivity index (χ4v) is 9.35. The number of anilines is 4. The molecule has 0 unspecified atom stereocenters. The van der Waals surface area contributed by atoms with E-state index in [1.54, 1.807) is 69.3 Å². The number of hydrogen-bond acceptors (Lipinski definition) is 15. The van der Waals surface area contributed by atoms with Gasteiger partial charge in [0.15, 0.2) is 5.69 Å². The van der Waals surface area contributed by atoms with Crippen molar-refractivity contribution in [3.8, 4) is 23.0 Å². The highest BCUT2D eigenvalue weighted by Crippen LogP contribution is 2.41. The largest absolute Gasteiger partial charge is 0.493 e. The zero-order valence-electron chi connectivity index (χ0n) is 48.9. The molecule has 0 bridgehead atoms. The van der Waals surface area contributed by atoms with E-state index in [0.717, 1.165) is 0 Å². The zero-order chi connectivity index (χ0) is 61.8. The van der Waals surface area contributed by atoms with Crippen molar-refractivity contribution in [2.24, 2.45) is 23.7 Å². The van der Waals surface area contributed by atoms with Gasteiger partial charge in [0, 0.05) is 45.8 Å². The van der Waals surface area contributed by atoms with Gasteiger partial charge in [-0.25, -0.2) is 29.5 Å². The number of halogens is 4. The third kappa shape index (κ3) is 14.9. The lowest BCUT2D eigenvalue weighted by Crippen LogP contribution is -2.27. The number of carbonyl (C=O) groups is 5. The van der Waals surface area contributed by atoms with Crippen LogP contribution in [0.25, 0.3) is 43.6 Å². The lowest BCUT2D eigenvalue weighted by molar-refractivity contribution is 0.0591. The van der Waals surface area contributed by atoms with Crippen LogP contribution < -0.4 is 40.2 Å². The Kier molecular flexibility index (Phi) is 19.7. The predicted octanol–water partition coefficient (Wildman–Crippen LogP) is 15.5. The maximum atomic E-state index is 14.5. The Morgan fingerprint density at radius 3 is 0.941 bits per heavy atom. The number of amides is 4. The van der Waals surface area contributed by atoms with Gasteiger partial charge in [0.2, 0.25) is 0 Å². The number of aromatic nitrogens is 4. The minimum Gasteiger partial charge on any atom is -0.493 e. The minimum atomic E-state index is -0.783. The second-order valence-corrected chi connectivity index (χ2v) is 24.1. The highest BCUT2D eigenvalue weighted by Gasteiger charge is 2.26. The summed E-state index contributed by atoms with van der Waals surface area (Å²) in [7, 11) is 1.23. The number of nitrogens with zero attached hydrogens (tertiary/aromatic N) is 4. The molecule has 23 heteroatoms. The van der Waals surface area contributed by atoms with Crippen LogP contribution in [0.15, 0.2) is 72.8 Å². The summed E-state index contributed by atoms with van der Waals surface area (Å²) in [6, 6.07) is 18.9. The van der Waals surface area contributed by atoms with E-state index in [9.17, 15) is 24.0 Å². The van der Waals surface area contributed by atoms with Crippen LogP contribution in [0, 0.1) is 23.7 Å². The van der Waals surface area contributed by atoms with Crippen LogP contribution in [0.2, 0.25) is 20.1 Å². The maximum absolute atomic E-state index is 14.5. The van der Waals surface area contributed by atoms with Gasteiger partial charge in [-0.2, -0.15) is 0 Å². The number of rotatable bonds is 20. The number of hydrogen-bond donors (Lipinski definition) is 4. The first kappa shape index (κ1) is 63.1. The van der Waals surface area contributed by atoms with Gasteiger partial charge in [-0.3, -0.25) is 19.7 Å². The van der Waals surface area contributed by atoms with Crippen LogP contribution in [0.5, 0.6) is 23.0 Å². The second-order valence-electron chi connectivity index (χ2n) is 22.6. The minimum absolute atomic E-state index is 0.0194. The summed E-state index contributed by atoms with van der Waals surface area (Å²) in [6.07, 6.45) is -0.738. The summed E-state index contributed by atoms with van der Waals surface area (Å²) < 4.78 is 35.1. The van der Waals surface area contributed by atoms with Crippen molar-refractivity contribution in [1.29, 1.82) is 0 Å². The third-order valence-corrected chi connectivity index (χ3v) is 13.8. The Hall–Kier alpha value is -7.97. The van der Waals surface area contributed by atoms with Gasteiger partial charge in [0.05, 0.1) is 98.4 Å². The lowest BCUT2D eigenvalue weighted by Gasteiger charge is -2.20. The molecule has 0 fully saturated rings. The molecule has 4 aromatic heterocycles. The van der Waals surface area contributed by atoms with Crippen molar-refractivity contribution in [2.45, 2.75) is 81.8 Å². The van der Waals surface area contributed by atoms with Crippen LogP contribution in [0.1, 0.15) is 118 Å². The fourth-order valence-electron chi connectivity index (χ4n) is 8.33. The molecule has 0 radical (unpaired) electrons. The zero-order valence-corrected chi connectivity index (χ0v) is 51.9. The van der Waals surface area contributed by atoms with E-state index >= 15 is 0 Å². The van der Waals surface area contributed by atoms with Crippen molar-refractivity contribution in [3.63, 3.8) is 0 Å². The first-order chi connectivity index (χ1) is 40.2. The van der Waals surface area contributed by atoms with Crippen LogP contribution in [-0.2, 0) is 9.47 Å². The molecule has 85 heavy (non-hydrogen) atoms. The van der Waals surface area contributed by atoms with Crippen LogP contribution >= 0.6 is 46.4 Å². The van der Waals surface area contributed by atoms with E-state index in [4.69, 9.17) is 79.8 Å². The van der Waals surface area contributed by atoms with Gasteiger partial charge in [-0.05, 0) is 93.0 Å². The van der Waals surface area contributed by atoms with E-state index in [-0.39, 0.29) is 136 Å². The summed E-state index contributed by atoms with van der Waals surface area (Å²) in [4.78, 5) is 86.9. The lowest BCUT2D eigenvalue weighted by atomic mass is 10.1. The molecule has 0 spiro atoms. The van der Waals surface area contributed by atoms with Gasteiger partial charge in [0.1, 0.15) is 45.7 Å². The summed E-state index contributed by atoms with van der Waals surface area (Å²) in [5.41, 5.74) is -0.0435. The summed E-state index contributed by atoms with van der Waals surface area (Å²) in [6.45, 7) is 22.1. The fraction of sp³-hybridized carbons (Fsp3) is 0.339. The number of ether oxygens (including phenoxy) is 6. The van der Waals surface area contributed by atoms with E-state index in [2.05, 4.69) is 36.2 Å². The number of methoxy groups -OCH3 is 1. The second kappa shape index (κ2) is 26.5. The van der Waals surface area contributed by atoms with Gasteiger partial charge >= 0.3 is 12.1 Å². The number of nitrogens with one attached hydrogen (secondary N) is 4. The molecule has 8 rings (SSSR count). The maximum Gasteiger partial charge on any atom is 0.412 e. The normalized spacial score (nSPS) is 11.7. The quantitative estimate of drug-likeness (QED) is 0.0519. The molecule has 0 saturated carbocycles. The van der Waals surface area contributed by atoms with E-state index < -0.39 is 35.4 Å². The van der Waals surface area contributed by atoms with Crippen molar-refractivity contribution in [3.05, 3.63) is 116 Å². The topological polar surface area (TPSA) is 240 Å². The van der Waals surface area contributed by atoms with Crippen molar-refractivity contribution in [2.75, 3.05) is 54.8 Å². The number of carbonyl (C=O) groups excluding carboxylic acids is 5. The van der Waals surface area contributed by atoms with Gasteiger partial charge in [-0.1, -0.05) is 102 Å². The molecule has 0 atom stereocenters. The first-order valence-corrected chi connectivity index (χ1v) is 28.8. The number of fused-ring (bicyclic) bond motifs is 4. The average molecular weight is 1240 g/mol. The number of esters is 1. The predicted molar refractivity (Wildman–Crippen MR) is 333 cm³/mol. The van der Waals surface area contributed by atoms with Gasteiger partial charge < -0.3 is 44.4 Å². The molecular weight excluding hydrogens is 1170 g/mol. The smallest absolute Gasteiger partial charge is 0.412 e. The summed E-state index contributed by atoms with van der Waals surface area (Å²) >= 11 is 28.1. The molecule has 0 aliphatic heterocycles. The molecule has 4 aromatic carbocycles. The molecule has 4 amide bonds. The molecule has 446 valence electrons. The first-order valence-electron chi connectivity index (χ1n) is 27.3. The van der Waals surface area contributed by atoms with Gasteiger partial charge in [-0.15, -0.1) is 0 Å². The molecule has 0 saturated heterocycles. The molecular formula is C62H64Cl4N8O11. The standard InChI is InChI=1S/C62H64Cl4N8O11/c1-29(2)25-81-45-21-41(67-53-33(45)14-18-38(50(53)64)72-59(77)43-23-47(83-27-31(5)6)35-16-20-40(52(66)55(35)69-43)74-61(79)85-62(9,10)11)57(75)71-37-17-13-34-46(82-26-30(3)4)22-42(68-54(34)49(37)63)58(76)73-39-19-15-36-48(84-28-32(7)8)24-44(60(78)80-12)70-56(36)51(39)65/h13-24,29-32H,25-28H2,1-12H3,(H,71,75)(H,72,77)(H,73,76)(H,74,79). The molecule has 4 heterocycles.